The Morgan fingerprint density at radius 1 is 1.15 bits per heavy atom. The molecule has 2 heteroatoms. The van der Waals surface area contributed by atoms with Gasteiger partial charge in [-0.05, 0) is 63.8 Å². The van der Waals surface area contributed by atoms with Gasteiger partial charge in [-0.3, -0.25) is 0 Å². The van der Waals surface area contributed by atoms with Crippen LogP contribution < -0.4 is 5.32 Å². The van der Waals surface area contributed by atoms with E-state index in [2.05, 4.69) is 46.9 Å². The summed E-state index contributed by atoms with van der Waals surface area (Å²) < 4.78 is 6.19. The molecule has 0 heterocycles. The predicted octanol–water partition coefficient (Wildman–Crippen LogP) is 4.63. The van der Waals surface area contributed by atoms with E-state index < -0.39 is 0 Å². The highest BCUT2D eigenvalue weighted by Gasteiger charge is 2.40. The first kappa shape index (κ1) is 18.0. The van der Waals surface area contributed by atoms with Crippen LogP contribution in [0.3, 0.4) is 0 Å². The zero-order valence-corrected chi connectivity index (χ0v) is 14.7. The van der Waals surface area contributed by atoms with Crippen molar-refractivity contribution in [3.8, 4) is 0 Å². The zero-order valence-electron chi connectivity index (χ0n) is 14.7. The molecule has 0 aromatic rings. The van der Waals surface area contributed by atoms with Crippen molar-refractivity contribution in [2.75, 3.05) is 13.2 Å². The zero-order chi connectivity index (χ0) is 15.2. The average Bonchev–Trinajstić information content (AvgIpc) is 2.43. The summed E-state index contributed by atoms with van der Waals surface area (Å²) in [6.45, 7) is 15.7. The van der Waals surface area contributed by atoms with E-state index in [0.29, 0.717) is 6.04 Å². The van der Waals surface area contributed by atoms with Crippen LogP contribution in [0.2, 0.25) is 0 Å². The Kier molecular flexibility index (Phi) is 7.53. The molecule has 1 aliphatic carbocycles. The van der Waals surface area contributed by atoms with Crippen LogP contribution in [-0.4, -0.2) is 24.8 Å². The van der Waals surface area contributed by atoms with Gasteiger partial charge in [0, 0.05) is 12.6 Å². The highest BCUT2D eigenvalue weighted by Crippen LogP contribution is 2.39. The lowest BCUT2D eigenvalue weighted by atomic mass is 9.69. The van der Waals surface area contributed by atoms with Gasteiger partial charge in [0.1, 0.15) is 0 Å². The first-order valence-electron chi connectivity index (χ1n) is 8.85. The van der Waals surface area contributed by atoms with Gasteiger partial charge >= 0.3 is 0 Å². The maximum Gasteiger partial charge on any atom is 0.0806 e. The Balaban J connectivity index is 2.82. The number of ether oxygens (including phenoxy) is 1. The molecular formula is C18H37NO. The summed E-state index contributed by atoms with van der Waals surface area (Å²) in [6.07, 6.45) is 6.37. The smallest absolute Gasteiger partial charge is 0.0806 e. The van der Waals surface area contributed by atoms with Gasteiger partial charge in [-0.1, -0.05) is 34.1 Å². The summed E-state index contributed by atoms with van der Waals surface area (Å²) in [6, 6.07) is 0.502. The highest BCUT2D eigenvalue weighted by molar-refractivity contribution is 4.95. The Morgan fingerprint density at radius 2 is 1.85 bits per heavy atom. The molecule has 0 saturated heterocycles. The largest absolute Gasteiger partial charge is 0.374 e. The molecule has 5 atom stereocenters. The standard InChI is InChI=1S/C18H37NO/c1-7-12-19-17(18(6,8-2)20-9-3)16-11-10-14(4)15(5)13-16/h14-17,19H,7-13H2,1-6H3. The molecule has 5 unspecified atom stereocenters. The maximum absolute atomic E-state index is 6.19. The molecule has 0 bridgehead atoms. The van der Waals surface area contributed by atoms with E-state index >= 15 is 0 Å². The summed E-state index contributed by atoms with van der Waals surface area (Å²) in [7, 11) is 0. The van der Waals surface area contributed by atoms with Crippen molar-refractivity contribution in [3.63, 3.8) is 0 Å². The van der Waals surface area contributed by atoms with Gasteiger partial charge in [0.25, 0.3) is 0 Å². The van der Waals surface area contributed by atoms with Gasteiger partial charge in [-0.15, -0.1) is 0 Å². The Labute approximate surface area is 127 Å². The van der Waals surface area contributed by atoms with Crippen LogP contribution in [0.15, 0.2) is 0 Å². The van der Waals surface area contributed by atoms with Crippen molar-refractivity contribution in [3.05, 3.63) is 0 Å². The third-order valence-electron chi connectivity index (χ3n) is 5.56. The normalized spacial score (nSPS) is 31.8. The monoisotopic (exact) mass is 283 g/mol. The van der Waals surface area contributed by atoms with Crippen LogP contribution in [0.25, 0.3) is 0 Å². The van der Waals surface area contributed by atoms with Crippen LogP contribution in [0.1, 0.15) is 73.6 Å². The summed E-state index contributed by atoms with van der Waals surface area (Å²) in [4.78, 5) is 0. The molecule has 0 aromatic carbocycles. The third kappa shape index (κ3) is 4.46. The number of hydrogen-bond acceptors (Lipinski definition) is 2. The summed E-state index contributed by atoms with van der Waals surface area (Å²) >= 11 is 0. The van der Waals surface area contributed by atoms with E-state index in [-0.39, 0.29) is 5.60 Å². The summed E-state index contributed by atoms with van der Waals surface area (Å²) in [5.74, 6) is 2.50. The molecule has 1 aliphatic rings. The Bertz CT molecular complexity index is 268. The van der Waals surface area contributed by atoms with Gasteiger partial charge in [0.2, 0.25) is 0 Å². The Hall–Kier alpha value is -0.0800. The molecule has 0 aromatic heterocycles. The Morgan fingerprint density at radius 3 is 2.35 bits per heavy atom. The number of nitrogens with one attached hydrogen (secondary N) is 1. The first-order chi connectivity index (χ1) is 9.48. The molecule has 2 nitrogen and oxygen atoms in total. The maximum atomic E-state index is 6.19. The highest BCUT2D eigenvalue weighted by atomic mass is 16.5. The average molecular weight is 284 g/mol. The fraction of sp³-hybridized carbons (Fsp3) is 1.00. The van der Waals surface area contributed by atoms with Gasteiger partial charge in [-0.2, -0.15) is 0 Å². The second-order valence-electron chi connectivity index (χ2n) is 7.06. The minimum absolute atomic E-state index is 0.0190. The van der Waals surface area contributed by atoms with Gasteiger partial charge in [-0.25, -0.2) is 0 Å². The van der Waals surface area contributed by atoms with Gasteiger partial charge < -0.3 is 10.1 Å². The number of hydrogen-bond donors (Lipinski definition) is 1. The lowest BCUT2D eigenvalue weighted by Crippen LogP contribution is -2.55. The van der Waals surface area contributed by atoms with Crippen LogP contribution in [-0.2, 0) is 4.74 Å². The minimum atomic E-state index is -0.0190. The topological polar surface area (TPSA) is 21.3 Å². The van der Waals surface area contributed by atoms with E-state index in [0.717, 1.165) is 37.3 Å². The van der Waals surface area contributed by atoms with Crippen molar-refractivity contribution in [1.82, 2.24) is 5.32 Å². The second-order valence-corrected chi connectivity index (χ2v) is 7.06. The first-order valence-corrected chi connectivity index (χ1v) is 8.85. The van der Waals surface area contributed by atoms with E-state index in [1.807, 2.05) is 0 Å². The lowest BCUT2D eigenvalue weighted by molar-refractivity contribution is -0.0767. The molecule has 0 radical (unpaired) electrons. The second kappa shape index (κ2) is 8.38. The van der Waals surface area contributed by atoms with E-state index in [1.54, 1.807) is 0 Å². The van der Waals surface area contributed by atoms with E-state index in [4.69, 9.17) is 4.74 Å². The van der Waals surface area contributed by atoms with Crippen molar-refractivity contribution in [2.45, 2.75) is 85.3 Å². The lowest BCUT2D eigenvalue weighted by Gasteiger charge is -2.45. The van der Waals surface area contributed by atoms with Crippen molar-refractivity contribution >= 4 is 0 Å². The predicted molar refractivity (Wildman–Crippen MR) is 88.1 cm³/mol. The minimum Gasteiger partial charge on any atom is -0.374 e. The molecule has 1 saturated carbocycles. The molecule has 1 fully saturated rings. The number of rotatable bonds is 8. The quantitative estimate of drug-likeness (QED) is 0.701. The third-order valence-corrected chi connectivity index (χ3v) is 5.56. The molecule has 0 amide bonds. The molecule has 0 spiro atoms. The van der Waals surface area contributed by atoms with Crippen LogP contribution in [0.5, 0.6) is 0 Å². The SMILES string of the molecule is CCCNC(C1CCC(C)C(C)C1)C(C)(CC)OCC. The molecule has 1 rings (SSSR count). The summed E-state index contributed by atoms with van der Waals surface area (Å²) in [5.41, 5.74) is -0.0190. The van der Waals surface area contributed by atoms with Crippen molar-refractivity contribution in [2.24, 2.45) is 17.8 Å². The van der Waals surface area contributed by atoms with Crippen LogP contribution in [0, 0.1) is 17.8 Å². The fourth-order valence-corrected chi connectivity index (χ4v) is 3.81. The summed E-state index contributed by atoms with van der Waals surface area (Å²) in [5, 5.41) is 3.83. The van der Waals surface area contributed by atoms with Crippen LogP contribution in [0.4, 0.5) is 0 Å². The molecule has 20 heavy (non-hydrogen) atoms. The van der Waals surface area contributed by atoms with Crippen molar-refractivity contribution in [1.29, 1.82) is 0 Å². The van der Waals surface area contributed by atoms with Gasteiger partial charge in [0.05, 0.1) is 5.60 Å². The molecular weight excluding hydrogens is 246 g/mol. The van der Waals surface area contributed by atoms with Gasteiger partial charge in [0.15, 0.2) is 0 Å². The molecule has 1 N–H and O–H groups in total. The molecule has 120 valence electrons. The fourth-order valence-electron chi connectivity index (χ4n) is 3.81. The van der Waals surface area contributed by atoms with E-state index in [1.165, 1.54) is 25.7 Å². The molecule has 0 aliphatic heterocycles. The van der Waals surface area contributed by atoms with E-state index in [9.17, 15) is 0 Å². The van der Waals surface area contributed by atoms with Crippen LogP contribution >= 0.6 is 0 Å². The van der Waals surface area contributed by atoms with Crippen molar-refractivity contribution < 1.29 is 4.74 Å².